The first kappa shape index (κ1) is 9.91. The van der Waals surface area contributed by atoms with E-state index in [1.165, 1.54) is 22.9 Å². The monoisotopic (exact) mass is 214 g/mol. The molecule has 84 valence electrons. The summed E-state index contributed by atoms with van der Waals surface area (Å²) in [5.41, 5.74) is 2.71. The fourth-order valence-corrected chi connectivity index (χ4v) is 2.60. The van der Waals surface area contributed by atoms with Crippen molar-refractivity contribution in [2.75, 3.05) is 14.1 Å². The lowest BCUT2D eigenvalue weighted by Crippen LogP contribution is -2.17. The molecule has 1 aromatic carbocycles. The maximum absolute atomic E-state index is 2.43. The molecule has 0 spiro atoms. The second kappa shape index (κ2) is 3.36. The number of likely N-dealkylation sites (N-methyl/N-ethyl adjacent to an activating group) is 1. The summed E-state index contributed by atoms with van der Waals surface area (Å²) in [6.07, 6.45) is 3.52. The van der Waals surface area contributed by atoms with Crippen LogP contribution in [0.4, 0.5) is 0 Å². The highest BCUT2D eigenvalue weighted by Crippen LogP contribution is 2.41. The molecule has 0 saturated heterocycles. The number of hydrogen-bond acceptors (Lipinski definition) is 1. The largest absolute Gasteiger partial charge is 0.343 e. The Morgan fingerprint density at radius 2 is 2.06 bits per heavy atom. The van der Waals surface area contributed by atoms with E-state index in [2.05, 4.69) is 60.9 Å². The van der Waals surface area contributed by atoms with Crippen molar-refractivity contribution < 1.29 is 0 Å². The summed E-state index contributed by atoms with van der Waals surface area (Å²) < 4.78 is 2.43. The molecule has 1 aliphatic carbocycles. The van der Waals surface area contributed by atoms with Gasteiger partial charge in [0.1, 0.15) is 0 Å². The van der Waals surface area contributed by atoms with Crippen molar-refractivity contribution >= 4 is 10.9 Å². The summed E-state index contributed by atoms with van der Waals surface area (Å²) in [4.78, 5) is 2.32. The number of fused-ring (bicyclic) bond motifs is 1. The van der Waals surface area contributed by atoms with Gasteiger partial charge in [0, 0.05) is 17.8 Å². The molecule has 2 aromatic rings. The van der Waals surface area contributed by atoms with E-state index in [9.17, 15) is 0 Å². The highest BCUT2D eigenvalue weighted by molar-refractivity contribution is 5.81. The second-order valence-corrected chi connectivity index (χ2v) is 5.12. The van der Waals surface area contributed by atoms with Crippen molar-refractivity contribution in [2.24, 2.45) is 0 Å². The summed E-state index contributed by atoms with van der Waals surface area (Å²) >= 11 is 0. The van der Waals surface area contributed by atoms with Gasteiger partial charge in [0.2, 0.25) is 0 Å². The predicted octanol–water partition coefficient (Wildman–Crippen LogP) is 2.82. The van der Waals surface area contributed by atoms with Crippen molar-refractivity contribution in [3.05, 3.63) is 36.0 Å². The van der Waals surface area contributed by atoms with Crippen LogP contribution in [0.1, 0.15) is 18.0 Å². The van der Waals surface area contributed by atoms with Crippen LogP contribution in [0.2, 0.25) is 0 Å². The molecule has 0 aliphatic heterocycles. The third kappa shape index (κ3) is 1.45. The zero-order chi connectivity index (χ0) is 11.3. The van der Waals surface area contributed by atoms with Crippen molar-refractivity contribution in [2.45, 2.75) is 25.4 Å². The maximum atomic E-state index is 2.43. The van der Waals surface area contributed by atoms with Crippen LogP contribution in [0.3, 0.4) is 0 Å². The highest BCUT2D eigenvalue weighted by atomic mass is 15.2. The summed E-state index contributed by atoms with van der Waals surface area (Å²) in [5, 5.41) is 1.37. The van der Waals surface area contributed by atoms with E-state index in [1.54, 1.807) is 0 Å². The molecule has 2 atom stereocenters. The van der Waals surface area contributed by atoms with Gasteiger partial charge in [-0.15, -0.1) is 0 Å². The van der Waals surface area contributed by atoms with Crippen LogP contribution in [0.5, 0.6) is 0 Å². The Labute approximate surface area is 96.5 Å². The van der Waals surface area contributed by atoms with E-state index < -0.39 is 0 Å². The first-order chi connectivity index (χ1) is 7.66. The van der Waals surface area contributed by atoms with Gasteiger partial charge in [0.05, 0.1) is 6.04 Å². The molecule has 16 heavy (non-hydrogen) atoms. The lowest BCUT2D eigenvalue weighted by atomic mass is 10.2. The third-order valence-electron chi connectivity index (χ3n) is 3.62. The van der Waals surface area contributed by atoms with Crippen LogP contribution >= 0.6 is 0 Å². The first-order valence-electron chi connectivity index (χ1n) is 5.90. The summed E-state index contributed by atoms with van der Waals surface area (Å²) in [5.74, 6) is 0. The number of rotatable bonds is 2. The molecule has 2 heteroatoms. The minimum atomic E-state index is 0.676. The molecule has 1 heterocycles. The predicted molar refractivity (Wildman–Crippen MR) is 67.8 cm³/mol. The van der Waals surface area contributed by atoms with Crippen LogP contribution in [-0.4, -0.2) is 29.6 Å². The van der Waals surface area contributed by atoms with Gasteiger partial charge in [-0.2, -0.15) is 0 Å². The lowest BCUT2D eigenvalue weighted by Gasteiger charge is -2.10. The molecule has 1 fully saturated rings. The zero-order valence-corrected chi connectivity index (χ0v) is 10.1. The first-order valence-corrected chi connectivity index (χ1v) is 5.90. The molecular formula is C14H18N2. The Morgan fingerprint density at radius 3 is 2.75 bits per heavy atom. The Balaban J connectivity index is 2.00. The lowest BCUT2D eigenvalue weighted by molar-refractivity contribution is 0.377. The fourth-order valence-electron chi connectivity index (χ4n) is 2.60. The van der Waals surface area contributed by atoms with Gasteiger partial charge in [-0.3, -0.25) is 0 Å². The average molecular weight is 214 g/mol. The number of hydrogen-bond donors (Lipinski definition) is 0. The topological polar surface area (TPSA) is 8.17 Å². The number of aryl methyl sites for hydroxylation is 1. The van der Waals surface area contributed by atoms with Gasteiger partial charge in [-0.25, -0.2) is 0 Å². The molecular weight excluding hydrogens is 196 g/mol. The molecule has 3 rings (SSSR count). The minimum absolute atomic E-state index is 0.676. The SMILES string of the molecule is Cc1ccc2c(ccn2[C@H]2CC2N(C)C)c1. The standard InChI is InChI=1S/C14H18N2/c1-10-4-5-12-11(8-10)6-7-16(12)14-9-13(14)15(2)3/h4-8,13-14H,9H2,1-3H3/t13?,14-/m0/s1. The van der Waals surface area contributed by atoms with Gasteiger partial charge in [-0.1, -0.05) is 11.6 Å². The summed E-state index contributed by atoms with van der Waals surface area (Å²) in [7, 11) is 4.33. The van der Waals surface area contributed by atoms with Crippen LogP contribution in [0, 0.1) is 6.92 Å². The van der Waals surface area contributed by atoms with E-state index in [1.807, 2.05) is 0 Å². The smallest absolute Gasteiger partial charge is 0.0508 e. The maximum Gasteiger partial charge on any atom is 0.0508 e. The molecule has 1 unspecified atom stereocenters. The van der Waals surface area contributed by atoms with Gasteiger partial charge in [-0.05, 0) is 51.0 Å². The van der Waals surface area contributed by atoms with E-state index in [4.69, 9.17) is 0 Å². The van der Waals surface area contributed by atoms with Crippen molar-refractivity contribution in [1.29, 1.82) is 0 Å². The van der Waals surface area contributed by atoms with E-state index in [0.29, 0.717) is 6.04 Å². The van der Waals surface area contributed by atoms with Crippen LogP contribution in [0.15, 0.2) is 30.5 Å². The Kier molecular flexibility index (Phi) is 2.08. The van der Waals surface area contributed by atoms with Gasteiger partial charge in [0.15, 0.2) is 0 Å². The van der Waals surface area contributed by atoms with Crippen molar-refractivity contribution in [3.8, 4) is 0 Å². The fraction of sp³-hybridized carbons (Fsp3) is 0.429. The van der Waals surface area contributed by atoms with Crippen LogP contribution < -0.4 is 0 Å². The van der Waals surface area contributed by atoms with Crippen LogP contribution in [-0.2, 0) is 0 Å². The molecule has 0 amide bonds. The molecule has 0 N–H and O–H groups in total. The van der Waals surface area contributed by atoms with Crippen molar-refractivity contribution in [1.82, 2.24) is 9.47 Å². The zero-order valence-electron chi connectivity index (χ0n) is 10.1. The summed E-state index contributed by atoms with van der Waals surface area (Å²) in [6.45, 7) is 2.15. The average Bonchev–Trinajstić information content (AvgIpc) is 2.93. The number of nitrogens with zero attached hydrogens (tertiary/aromatic N) is 2. The molecule has 0 bridgehead atoms. The summed E-state index contributed by atoms with van der Waals surface area (Å²) in [6, 6.07) is 10.3. The quantitative estimate of drug-likeness (QED) is 0.746. The Bertz CT molecular complexity index is 525. The van der Waals surface area contributed by atoms with E-state index in [-0.39, 0.29) is 0 Å². The van der Waals surface area contributed by atoms with Gasteiger partial charge >= 0.3 is 0 Å². The van der Waals surface area contributed by atoms with E-state index >= 15 is 0 Å². The molecule has 1 aliphatic rings. The molecule has 1 saturated carbocycles. The van der Waals surface area contributed by atoms with Crippen molar-refractivity contribution in [3.63, 3.8) is 0 Å². The second-order valence-electron chi connectivity index (χ2n) is 5.12. The normalized spacial score (nSPS) is 24.2. The van der Waals surface area contributed by atoms with Gasteiger partial charge < -0.3 is 9.47 Å². The van der Waals surface area contributed by atoms with Gasteiger partial charge in [0.25, 0.3) is 0 Å². The molecule has 2 nitrogen and oxygen atoms in total. The Hall–Kier alpha value is -1.28. The molecule has 1 aromatic heterocycles. The highest BCUT2D eigenvalue weighted by Gasteiger charge is 2.40. The minimum Gasteiger partial charge on any atom is -0.343 e. The molecule has 0 radical (unpaired) electrons. The third-order valence-corrected chi connectivity index (χ3v) is 3.62. The number of aromatic nitrogens is 1. The Morgan fingerprint density at radius 1 is 1.25 bits per heavy atom. The van der Waals surface area contributed by atoms with Crippen LogP contribution in [0.25, 0.3) is 10.9 Å². The number of benzene rings is 1. The van der Waals surface area contributed by atoms with E-state index in [0.717, 1.165) is 6.04 Å².